The van der Waals surface area contributed by atoms with Gasteiger partial charge in [0.15, 0.2) is 11.9 Å². The summed E-state index contributed by atoms with van der Waals surface area (Å²) in [5.74, 6) is 0.782. The Balaban J connectivity index is 2.01. The molecule has 1 aromatic carbocycles. The van der Waals surface area contributed by atoms with Gasteiger partial charge in [0.1, 0.15) is 11.5 Å². The predicted molar refractivity (Wildman–Crippen MR) is 108 cm³/mol. The molecule has 0 bridgehead atoms. The molecule has 160 valence electrons. The molecule has 0 spiro atoms. The highest BCUT2D eigenvalue weighted by atomic mass is 32.2. The third kappa shape index (κ3) is 6.95. The van der Waals surface area contributed by atoms with Crippen LogP contribution in [0, 0.1) is 11.3 Å². The number of nitriles is 1. The van der Waals surface area contributed by atoms with Gasteiger partial charge in [-0.3, -0.25) is 4.79 Å². The molecular weight excluding hydrogens is 417 g/mol. The Hall–Kier alpha value is -2.73. The third-order valence-electron chi connectivity index (χ3n) is 4.22. The highest BCUT2D eigenvalue weighted by Crippen LogP contribution is 2.30. The second kappa shape index (κ2) is 10.9. The number of benzene rings is 1. The fourth-order valence-corrected chi connectivity index (χ4v) is 3.01. The van der Waals surface area contributed by atoms with Crippen molar-refractivity contribution >= 4 is 17.5 Å². The molecule has 2 atom stereocenters. The normalized spacial score (nSPS) is 13.2. The number of carbonyl (C=O) groups is 1. The van der Waals surface area contributed by atoms with Crippen molar-refractivity contribution in [1.82, 2.24) is 4.98 Å². The van der Waals surface area contributed by atoms with Crippen LogP contribution in [0.3, 0.4) is 0 Å². The van der Waals surface area contributed by atoms with E-state index < -0.39 is 17.8 Å². The molecule has 5 nitrogen and oxygen atoms in total. The van der Waals surface area contributed by atoms with Crippen molar-refractivity contribution in [2.24, 2.45) is 0 Å². The van der Waals surface area contributed by atoms with Gasteiger partial charge < -0.3 is 9.47 Å². The summed E-state index contributed by atoms with van der Waals surface area (Å²) < 4.78 is 49.0. The van der Waals surface area contributed by atoms with Crippen LogP contribution in [-0.4, -0.2) is 28.4 Å². The molecule has 2 rings (SSSR count). The molecule has 30 heavy (non-hydrogen) atoms. The third-order valence-corrected chi connectivity index (χ3v) is 5.13. The minimum absolute atomic E-state index is 0.0234. The lowest BCUT2D eigenvalue weighted by Crippen LogP contribution is -2.27. The average molecular weight is 438 g/mol. The fraction of sp³-hybridized carbons (Fsp3) is 0.381. The van der Waals surface area contributed by atoms with Gasteiger partial charge in [-0.05, 0) is 49.4 Å². The Labute approximate surface area is 177 Å². The Morgan fingerprint density at radius 1 is 1.17 bits per heavy atom. The van der Waals surface area contributed by atoms with Crippen LogP contribution in [0.4, 0.5) is 13.2 Å². The Bertz CT molecular complexity index is 865. The number of alkyl halides is 3. The number of ketones is 1. The molecule has 9 heteroatoms. The summed E-state index contributed by atoms with van der Waals surface area (Å²) in [5.41, 5.74) is -0.856. The summed E-state index contributed by atoms with van der Waals surface area (Å²) in [4.78, 5) is 15.8. The van der Waals surface area contributed by atoms with Gasteiger partial charge in [0.2, 0.25) is 5.88 Å². The van der Waals surface area contributed by atoms with Gasteiger partial charge in [0.05, 0.1) is 16.9 Å². The van der Waals surface area contributed by atoms with Crippen LogP contribution >= 0.6 is 11.8 Å². The summed E-state index contributed by atoms with van der Waals surface area (Å²) in [6, 6.07) is 10.6. The van der Waals surface area contributed by atoms with Crippen molar-refractivity contribution in [3.05, 3.63) is 48.2 Å². The minimum Gasteiger partial charge on any atom is -0.483 e. The first kappa shape index (κ1) is 23.5. The molecule has 1 heterocycles. The van der Waals surface area contributed by atoms with E-state index in [1.807, 2.05) is 6.26 Å². The molecule has 0 fully saturated rings. The lowest BCUT2D eigenvalue weighted by Gasteiger charge is -2.18. The zero-order valence-electron chi connectivity index (χ0n) is 16.5. The molecule has 2 unspecified atom stereocenters. The summed E-state index contributed by atoms with van der Waals surface area (Å²) in [5, 5.41) is 8.86. The number of pyridine rings is 1. The van der Waals surface area contributed by atoms with Crippen molar-refractivity contribution in [3.63, 3.8) is 0 Å². The maximum absolute atomic E-state index is 12.6. The van der Waals surface area contributed by atoms with E-state index in [4.69, 9.17) is 14.7 Å². The van der Waals surface area contributed by atoms with Gasteiger partial charge >= 0.3 is 6.18 Å². The van der Waals surface area contributed by atoms with Crippen molar-refractivity contribution in [1.29, 1.82) is 5.26 Å². The number of nitrogens with zero attached hydrogens (tertiary/aromatic N) is 2. The molecule has 0 amide bonds. The zero-order chi connectivity index (χ0) is 22.1. The van der Waals surface area contributed by atoms with Crippen LogP contribution in [0.2, 0.25) is 0 Å². The summed E-state index contributed by atoms with van der Waals surface area (Å²) in [7, 11) is 0. The predicted octanol–water partition coefficient (Wildman–Crippen LogP) is 5.65. The smallest absolute Gasteiger partial charge is 0.417 e. The first-order valence-electron chi connectivity index (χ1n) is 9.19. The van der Waals surface area contributed by atoms with E-state index >= 15 is 0 Å². The van der Waals surface area contributed by atoms with Gasteiger partial charge in [-0.2, -0.15) is 18.4 Å². The number of thioether (sulfide) groups is 1. The topological polar surface area (TPSA) is 72.2 Å². The number of rotatable bonds is 10. The molecule has 0 aliphatic heterocycles. The largest absolute Gasteiger partial charge is 0.483 e. The lowest BCUT2D eigenvalue weighted by molar-refractivity contribution is -0.137. The molecule has 0 aliphatic rings. The molecule has 0 saturated carbocycles. The second-order valence-electron chi connectivity index (χ2n) is 6.31. The van der Waals surface area contributed by atoms with E-state index in [9.17, 15) is 18.0 Å². The van der Waals surface area contributed by atoms with E-state index in [1.165, 1.54) is 11.8 Å². The molecule has 0 N–H and O–H groups in total. The highest BCUT2D eigenvalue weighted by molar-refractivity contribution is 7.99. The fourth-order valence-electron chi connectivity index (χ4n) is 2.53. The number of ether oxygens (including phenoxy) is 2. The van der Waals surface area contributed by atoms with Crippen molar-refractivity contribution in [2.75, 3.05) is 6.26 Å². The summed E-state index contributed by atoms with van der Waals surface area (Å²) in [6.07, 6.45) is -1.27. The Morgan fingerprint density at radius 3 is 2.33 bits per heavy atom. The van der Waals surface area contributed by atoms with E-state index in [2.05, 4.69) is 11.1 Å². The van der Waals surface area contributed by atoms with Gasteiger partial charge in [0.25, 0.3) is 0 Å². The van der Waals surface area contributed by atoms with E-state index in [-0.39, 0.29) is 16.9 Å². The van der Waals surface area contributed by atoms with Crippen LogP contribution in [0.15, 0.2) is 42.6 Å². The van der Waals surface area contributed by atoms with Crippen LogP contribution in [0.1, 0.15) is 31.7 Å². The van der Waals surface area contributed by atoms with Crippen molar-refractivity contribution in [3.8, 4) is 23.4 Å². The van der Waals surface area contributed by atoms with Crippen LogP contribution < -0.4 is 9.47 Å². The minimum atomic E-state index is -4.46. The molecular formula is C21H21F3N2O3S. The average Bonchev–Trinajstić information content (AvgIpc) is 2.74. The molecule has 0 aliphatic carbocycles. The zero-order valence-corrected chi connectivity index (χ0v) is 17.3. The first-order chi connectivity index (χ1) is 14.3. The van der Waals surface area contributed by atoms with Crippen LogP contribution in [0.25, 0.3) is 0 Å². The molecule has 0 saturated heterocycles. The van der Waals surface area contributed by atoms with E-state index in [0.717, 1.165) is 12.1 Å². The number of Topliss-reactive ketones (excluding diaryl/α,β-unsaturated/α-hetero) is 1. The van der Waals surface area contributed by atoms with Gasteiger partial charge in [0, 0.05) is 18.7 Å². The lowest BCUT2D eigenvalue weighted by atomic mass is 10.1. The van der Waals surface area contributed by atoms with Gasteiger partial charge in [-0.15, -0.1) is 11.8 Å². The SMILES string of the molecule is CCC(=O)C(CCC(C#N)SC)Oc1ccc(Oc2ccc(C(F)(F)F)cn2)cc1. The van der Waals surface area contributed by atoms with Crippen molar-refractivity contribution < 1.29 is 27.4 Å². The first-order valence-corrected chi connectivity index (χ1v) is 10.5. The standard InChI is InChI=1S/C21H21F3N2O3S/c1-3-18(27)19(10-9-17(12-25)30-2)28-15-5-7-16(8-6-15)29-20-11-4-14(13-26-20)21(22,23)24/h4-8,11,13,17,19H,3,9-10H2,1-2H3. The van der Waals surface area contributed by atoms with E-state index in [1.54, 1.807) is 31.2 Å². The molecule has 0 radical (unpaired) electrons. The summed E-state index contributed by atoms with van der Waals surface area (Å²) in [6.45, 7) is 1.75. The van der Waals surface area contributed by atoms with E-state index in [0.29, 0.717) is 37.0 Å². The number of hydrogen-bond donors (Lipinski definition) is 0. The number of halogens is 3. The molecule has 1 aromatic heterocycles. The number of hydrogen-bond acceptors (Lipinski definition) is 6. The number of aromatic nitrogens is 1. The Morgan fingerprint density at radius 2 is 1.83 bits per heavy atom. The quantitative estimate of drug-likeness (QED) is 0.477. The molecule has 2 aromatic rings. The highest BCUT2D eigenvalue weighted by Gasteiger charge is 2.30. The second-order valence-corrected chi connectivity index (χ2v) is 7.35. The van der Waals surface area contributed by atoms with Crippen LogP contribution in [0.5, 0.6) is 17.4 Å². The van der Waals surface area contributed by atoms with Gasteiger partial charge in [-0.25, -0.2) is 4.98 Å². The van der Waals surface area contributed by atoms with Gasteiger partial charge in [-0.1, -0.05) is 6.92 Å². The van der Waals surface area contributed by atoms with Crippen LogP contribution in [-0.2, 0) is 11.0 Å². The van der Waals surface area contributed by atoms with Crippen molar-refractivity contribution in [2.45, 2.75) is 43.7 Å². The monoisotopic (exact) mass is 438 g/mol. The number of carbonyl (C=O) groups excluding carboxylic acids is 1. The maximum Gasteiger partial charge on any atom is 0.417 e. The summed E-state index contributed by atoms with van der Waals surface area (Å²) >= 11 is 1.43. The Kier molecular flexibility index (Phi) is 8.54. The maximum atomic E-state index is 12.6.